The number of aliphatic hydroxyl groups is 5. The van der Waals surface area contributed by atoms with Crippen molar-refractivity contribution in [2.24, 2.45) is 17.8 Å². The molecule has 3 fully saturated rings. The number of rotatable bonds is 12. The molecule has 4 rings (SSSR count). The van der Waals surface area contributed by atoms with E-state index in [0.29, 0.717) is 6.54 Å². The van der Waals surface area contributed by atoms with Crippen LogP contribution in [0.15, 0.2) is 12.4 Å². The summed E-state index contributed by atoms with van der Waals surface area (Å²) in [6.07, 6.45) is -5.47. The van der Waals surface area contributed by atoms with Crippen molar-refractivity contribution in [2.45, 2.75) is 198 Å². The highest BCUT2D eigenvalue weighted by Crippen LogP contribution is 2.47. The SMILES string of the molecule is CCCNC[C@]1(O)[C@H](C)O[C@@H](O[C@H]2[C@H](C)[C@@H](OC3(O)C(c4ncc(Cl)cn4)OC(C)CC3N(C)C(=O)NC)[C@](C)(O)C[C@@H](C)CN[C@H](C)[C@@H](O)[C@](C)(O)[C@@H](CC)OC(=O)[C@@H]2C)C[C@@]1(C)OC. The summed E-state index contributed by atoms with van der Waals surface area (Å²) in [6.45, 7) is 19.9. The Labute approximate surface area is 396 Å². The highest BCUT2D eigenvalue weighted by molar-refractivity contribution is 6.30. The summed E-state index contributed by atoms with van der Waals surface area (Å²) in [5.41, 5.74) is -6.51. The first-order valence-corrected chi connectivity index (χ1v) is 23.9. The van der Waals surface area contributed by atoms with Gasteiger partial charge in [0.05, 0.1) is 47.0 Å². The fourth-order valence-electron chi connectivity index (χ4n) is 10.2. The zero-order chi connectivity index (χ0) is 49.7. The first kappa shape index (κ1) is 56.2. The fraction of sp³-hybridized carbons (Fsp3) is 0.870. The smallest absolute Gasteiger partial charge is 0.317 e. The summed E-state index contributed by atoms with van der Waals surface area (Å²) < 4.78 is 39.0. The number of carbonyl (C=O) groups excluding carboxylic acids is 2. The first-order valence-electron chi connectivity index (χ1n) is 23.5. The van der Waals surface area contributed by atoms with Crippen LogP contribution in [0.3, 0.4) is 0 Å². The molecule has 3 saturated heterocycles. The third-order valence-corrected chi connectivity index (χ3v) is 14.6. The minimum absolute atomic E-state index is 0.00519. The lowest BCUT2D eigenvalue weighted by molar-refractivity contribution is -0.369. The van der Waals surface area contributed by atoms with Crippen LogP contribution in [0.25, 0.3) is 0 Å². The molecule has 20 heteroatoms. The molecular formula is C46H81ClN6O13. The topological polar surface area (TPSA) is 256 Å². The molecule has 1 aromatic rings. The van der Waals surface area contributed by atoms with E-state index in [4.69, 9.17) is 40.0 Å². The monoisotopic (exact) mass is 961 g/mol. The number of ether oxygens (including phenoxy) is 6. The molecule has 0 aliphatic carbocycles. The molecule has 0 spiro atoms. The number of aliphatic hydroxyl groups excluding tert-OH is 1. The minimum Gasteiger partial charge on any atom is -0.459 e. The maximum atomic E-state index is 14.6. The number of nitrogens with one attached hydrogen (secondary N) is 3. The van der Waals surface area contributed by atoms with Crippen LogP contribution in [-0.2, 0) is 33.2 Å². The standard InChI is InChI=1S/C46H81ClN6O13/c1-15-17-49-24-45(59)30(8)63-34(20-43(45,10)61-14)65-35-27(5)37(42(9,57)19-25(3)21-50-29(7)36(54)44(11,58)33(16-2)64-40(55)28(35)6)66-46(60)32(53(13)41(56)48-12)18-26(4)62-38(46)39-51-22-31(47)23-52-39/h22-23,25-30,32-38,49-50,54,57-60H,15-21,24H2,1-14H3,(H,48,56)/t25-,26?,27+,28-,29-,30+,32?,33-,34+,35+,36-,37-,38?,42-,43-,44-,45+,46?/m1/s1. The highest BCUT2D eigenvalue weighted by Gasteiger charge is 2.61. The Morgan fingerprint density at radius 1 is 1.03 bits per heavy atom. The van der Waals surface area contributed by atoms with E-state index >= 15 is 0 Å². The van der Waals surface area contributed by atoms with E-state index in [1.54, 1.807) is 55.4 Å². The van der Waals surface area contributed by atoms with Gasteiger partial charge >= 0.3 is 12.0 Å². The molecule has 0 bridgehead atoms. The van der Waals surface area contributed by atoms with E-state index < -0.39 is 113 Å². The molecule has 8 N–H and O–H groups in total. The Bertz CT molecular complexity index is 1740. The van der Waals surface area contributed by atoms with Crippen molar-refractivity contribution in [1.82, 2.24) is 30.8 Å². The number of hydrogen-bond acceptors (Lipinski definition) is 17. The second-order valence-corrected chi connectivity index (χ2v) is 20.3. The Balaban J connectivity index is 1.96. The van der Waals surface area contributed by atoms with Crippen molar-refractivity contribution in [1.29, 1.82) is 0 Å². The van der Waals surface area contributed by atoms with Crippen molar-refractivity contribution >= 4 is 23.6 Å². The van der Waals surface area contributed by atoms with Gasteiger partial charge in [-0.25, -0.2) is 14.8 Å². The van der Waals surface area contributed by atoms with Gasteiger partial charge in [0.1, 0.15) is 29.0 Å². The van der Waals surface area contributed by atoms with Crippen molar-refractivity contribution in [3.05, 3.63) is 23.2 Å². The third-order valence-electron chi connectivity index (χ3n) is 14.4. The van der Waals surface area contributed by atoms with Gasteiger partial charge in [0.2, 0.25) is 5.79 Å². The van der Waals surface area contributed by atoms with Gasteiger partial charge in [0.25, 0.3) is 0 Å². The summed E-state index contributed by atoms with van der Waals surface area (Å²) >= 11 is 6.21. The summed E-state index contributed by atoms with van der Waals surface area (Å²) in [4.78, 5) is 38.2. The van der Waals surface area contributed by atoms with Crippen LogP contribution in [0.1, 0.15) is 120 Å². The first-order chi connectivity index (χ1) is 30.7. The van der Waals surface area contributed by atoms with Crippen LogP contribution in [0, 0.1) is 17.8 Å². The third kappa shape index (κ3) is 12.0. The Hall–Kier alpha value is -2.37. The predicted molar refractivity (Wildman–Crippen MR) is 245 cm³/mol. The summed E-state index contributed by atoms with van der Waals surface area (Å²) in [7, 11) is 4.46. The average molecular weight is 962 g/mol. The van der Waals surface area contributed by atoms with E-state index in [-0.39, 0.29) is 55.5 Å². The number of likely N-dealkylation sites (N-methyl/N-ethyl adjacent to an activating group) is 1. The van der Waals surface area contributed by atoms with Gasteiger partial charge in [0.15, 0.2) is 18.2 Å². The molecule has 3 aliphatic heterocycles. The average Bonchev–Trinajstić information content (AvgIpc) is 3.26. The largest absolute Gasteiger partial charge is 0.459 e. The molecule has 3 aliphatic rings. The molecule has 4 heterocycles. The van der Waals surface area contributed by atoms with Crippen LogP contribution in [-0.4, -0.2) is 176 Å². The van der Waals surface area contributed by atoms with E-state index in [1.165, 1.54) is 45.4 Å². The summed E-state index contributed by atoms with van der Waals surface area (Å²) in [5, 5.41) is 71.3. The predicted octanol–water partition coefficient (Wildman–Crippen LogP) is 2.82. The van der Waals surface area contributed by atoms with Gasteiger partial charge in [-0.1, -0.05) is 39.3 Å². The van der Waals surface area contributed by atoms with Gasteiger partial charge in [-0.15, -0.1) is 0 Å². The zero-order valence-electron chi connectivity index (χ0n) is 41.5. The lowest BCUT2D eigenvalue weighted by Gasteiger charge is -2.54. The number of carbonyl (C=O) groups is 2. The maximum absolute atomic E-state index is 14.6. The number of halogens is 1. The van der Waals surface area contributed by atoms with Crippen LogP contribution in [0.4, 0.5) is 4.79 Å². The Morgan fingerprint density at radius 3 is 2.24 bits per heavy atom. The molecule has 1 aromatic heterocycles. The van der Waals surface area contributed by atoms with E-state index in [1.807, 2.05) is 13.8 Å². The van der Waals surface area contributed by atoms with E-state index in [9.17, 15) is 35.1 Å². The molecule has 66 heavy (non-hydrogen) atoms. The fourth-order valence-corrected chi connectivity index (χ4v) is 10.3. The van der Waals surface area contributed by atoms with Gasteiger partial charge in [-0.05, 0) is 93.2 Å². The van der Waals surface area contributed by atoms with Gasteiger partial charge in [-0.2, -0.15) is 0 Å². The van der Waals surface area contributed by atoms with Crippen LogP contribution in [0.2, 0.25) is 5.02 Å². The molecule has 0 saturated carbocycles. The molecule has 4 unspecified atom stereocenters. The Kier molecular flexibility index (Phi) is 19.2. The lowest BCUT2D eigenvalue weighted by atomic mass is 9.75. The van der Waals surface area contributed by atoms with E-state index in [2.05, 4.69) is 25.9 Å². The zero-order valence-corrected chi connectivity index (χ0v) is 42.3. The molecule has 2 amide bonds. The second-order valence-electron chi connectivity index (χ2n) is 19.9. The van der Waals surface area contributed by atoms with Gasteiger partial charge < -0.3 is 74.8 Å². The maximum Gasteiger partial charge on any atom is 0.317 e. The number of amides is 2. The van der Waals surface area contributed by atoms with Crippen LogP contribution >= 0.6 is 11.6 Å². The normalized spacial score (nSPS) is 43.3. The number of methoxy groups -OCH3 is 1. The Morgan fingerprint density at radius 2 is 1.67 bits per heavy atom. The van der Waals surface area contributed by atoms with Crippen molar-refractivity contribution in [2.75, 3.05) is 40.8 Å². The minimum atomic E-state index is -2.49. The number of aromatic nitrogens is 2. The van der Waals surface area contributed by atoms with Crippen molar-refractivity contribution < 1.29 is 63.5 Å². The molecule has 18 atom stereocenters. The lowest BCUT2D eigenvalue weighted by Crippen LogP contribution is -2.70. The van der Waals surface area contributed by atoms with Crippen LogP contribution in [0.5, 0.6) is 0 Å². The number of hydrogen-bond donors (Lipinski definition) is 8. The second kappa shape index (κ2) is 22.6. The summed E-state index contributed by atoms with van der Waals surface area (Å²) in [5.74, 6) is -5.87. The quantitative estimate of drug-likeness (QED) is 0.0852. The number of urea groups is 1. The van der Waals surface area contributed by atoms with Crippen LogP contribution < -0.4 is 16.0 Å². The van der Waals surface area contributed by atoms with Gasteiger partial charge in [0, 0.05) is 58.5 Å². The van der Waals surface area contributed by atoms with E-state index in [0.717, 1.165) is 6.42 Å². The number of nitrogens with zero attached hydrogens (tertiary/aromatic N) is 3. The molecule has 0 radical (unpaired) electrons. The highest BCUT2D eigenvalue weighted by atomic mass is 35.5. The number of esters is 1. The molecule has 19 nitrogen and oxygen atoms in total. The molecule has 0 aromatic carbocycles. The van der Waals surface area contributed by atoms with Crippen molar-refractivity contribution in [3.63, 3.8) is 0 Å². The number of cyclic esters (lactones) is 1. The molecular weight excluding hydrogens is 880 g/mol. The summed E-state index contributed by atoms with van der Waals surface area (Å²) in [6, 6.07) is -2.37. The van der Waals surface area contributed by atoms with Gasteiger partial charge in [-0.3, -0.25) is 4.79 Å². The molecule has 380 valence electrons. The van der Waals surface area contributed by atoms with Crippen molar-refractivity contribution in [3.8, 4) is 0 Å².